The molecule has 4 aromatic carbocycles. The number of ketones is 1. The van der Waals surface area contributed by atoms with E-state index >= 15 is 0 Å². The van der Waals surface area contributed by atoms with Gasteiger partial charge in [0.1, 0.15) is 0 Å². The molecule has 0 aliphatic heterocycles. The van der Waals surface area contributed by atoms with Crippen LogP contribution in [0.25, 0.3) is 0 Å². The van der Waals surface area contributed by atoms with Crippen molar-refractivity contribution in [1.82, 2.24) is 0 Å². The van der Waals surface area contributed by atoms with Gasteiger partial charge in [-0.3, -0.25) is 0 Å². The Hall–Kier alpha value is -3.32. The average molecular weight is 531 g/mol. The van der Waals surface area contributed by atoms with E-state index in [9.17, 15) is 26.4 Å². The fourth-order valence-electron chi connectivity index (χ4n) is 4.35. The van der Waals surface area contributed by atoms with Crippen LogP contribution in [0.1, 0.15) is 10.4 Å². The fraction of sp³-hybridized carbons (Fsp3) is 0.0741. The van der Waals surface area contributed by atoms with Gasteiger partial charge in [0.15, 0.2) is 0 Å². The van der Waals surface area contributed by atoms with Gasteiger partial charge in [-0.1, -0.05) is 0 Å². The first-order valence-corrected chi connectivity index (χ1v) is 14.6. The van der Waals surface area contributed by atoms with Crippen molar-refractivity contribution in [2.24, 2.45) is 0 Å². The Morgan fingerprint density at radius 1 is 0.639 bits per heavy atom. The molecule has 186 valence electrons. The summed E-state index contributed by atoms with van der Waals surface area (Å²) in [6, 6.07) is 31.6. The molecule has 0 N–H and O–H groups in total. The van der Waals surface area contributed by atoms with Crippen molar-refractivity contribution in [1.29, 1.82) is 0 Å². The number of rotatable bonds is 8. The van der Waals surface area contributed by atoms with Crippen molar-refractivity contribution in [3.8, 4) is 0 Å². The minimum absolute atomic E-state index is 0.179. The van der Waals surface area contributed by atoms with E-state index in [0.29, 0.717) is 0 Å². The molecule has 0 saturated heterocycles. The molecule has 0 fully saturated rings. The zero-order valence-electron chi connectivity index (χ0n) is 18.9. The summed E-state index contributed by atoms with van der Waals surface area (Å²) in [6.45, 7) is -5.16. The summed E-state index contributed by atoms with van der Waals surface area (Å²) < 4.78 is 73.2. The SMILES string of the molecule is O=C(CP(OS(=O)(=O)C(F)(F)F)(c1ccccc1)(c1ccccc1)c1ccccc1)c1ccccc1. The number of hydrogen-bond acceptors (Lipinski definition) is 4. The second-order valence-corrected chi connectivity index (χ2v) is 14.4. The maximum absolute atomic E-state index is 14.0. The molecule has 0 aliphatic rings. The van der Waals surface area contributed by atoms with Crippen molar-refractivity contribution in [3.05, 3.63) is 127 Å². The number of carbonyl (C=O) groups is 1. The molecule has 0 radical (unpaired) electrons. The summed E-state index contributed by atoms with van der Waals surface area (Å²) in [4.78, 5) is 13.8. The quantitative estimate of drug-likeness (QED) is 0.179. The van der Waals surface area contributed by atoms with Crippen LogP contribution in [0.5, 0.6) is 0 Å². The molecular weight excluding hydrogens is 508 g/mol. The van der Waals surface area contributed by atoms with E-state index in [1.807, 2.05) is 0 Å². The molecule has 4 aromatic rings. The van der Waals surface area contributed by atoms with Crippen molar-refractivity contribution in [3.63, 3.8) is 0 Å². The zero-order valence-corrected chi connectivity index (χ0v) is 20.6. The third-order valence-corrected chi connectivity index (χ3v) is 13.7. The van der Waals surface area contributed by atoms with E-state index in [1.54, 1.807) is 72.8 Å². The monoisotopic (exact) mass is 530 g/mol. The Morgan fingerprint density at radius 3 is 1.31 bits per heavy atom. The first-order chi connectivity index (χ1) is 17.1. The molecule has 4 rings (SSSR count). The average Bonchev–Trinajstić information content (AvgIpc) is 2.89. The first kappa shape index (κ1) is 25.8. The van der Waals surface area contributed by atoms with Gasteiger partial charge < -0.3 is 0 Å². The zero-order chi connectivity index (χ0) is 25.9. The molecular formula is C27H22F3O4PS. The van der Waals surface area contributed by atoms with Gasteiger partial charge in [0.2, 0.25) is 0 Å². The Labute approximate surface area is 207 Å². The van der Waals surface area contributed by atoms with Gasteiger partial charge in [-0.05, 0) is 0 Å². The predicted molar refractivity (Wildman–Crippen MR) is 137 cm³/mol. The van der Waals surface area contributed by atoms with Crippen molar-refractivity contribution < 1.29 is 30.4 Å². The van der Waals surface area contributed by atoms with Gasteiger partial charge in [0.05, 0.1) is 0 Å². The predicted octanol–water partition coefficient (Wildman–Crippen LogP) is 5.18. The molecule has 0 unspecified atom stereocenters. The molecule has 0 spiro atoms. The van der Waals surface area contributed by atoms with Crippen LogP contribution in [0.3, 0.4) is 0 Å². The Balaban J connectivity index is 2.21. The summed E-state index contributed by atoms with van der Waals surface area (Å²) >= 11 is 0. The van der Waals surface area contributed by atoms with Crippen LogP contribution < -0.4 is 15.9 Å². The van der Waals surface area contributed by atoms with Crippen LogP contribution in [0.2, 0.25) is 0 Å². The molecule has 0 heterocycles. The van der Waals surface area contributed by atoms with Crippen molar-refractivity contribution in [2.75, 3.05) is 6.16 Å². The maximum atomic E-state index is 14.0. The van der Waals surface area contributed by atoms with Crippen LogP contribution in [0.4, 0.5) is 13.2 Å². The number of carbonyl (C=O) groups excluding carboxylic acids is 1. The van der Waals surface area contributed by atoms with E-state index < -0.39 is 34.4 Å². The molecule has 4 nitrogen and oxygen atoms in total. The Morgan fingerprint density at radius 2 is 0.972 bits per heavy atom. The van der Waals surface area contributed by atoms with Gasteiger partial charge in [-0.25, -0.2) is 0 Å². The molecule has 36 heavy (non-hydrogen) atoms. The Bertz CT molecular complexity index is 1350. The van der Waals surface area contributed by atoms with Gasteiger partial charge in [0.25, 0.3) is 0 Å². The van der Waals surface area contributed by atoms with Gasteiger partial charge in [-0.15, -0.1) is 0 Å². The summed E-state index contributed by atoms with van der Waals surface area (Å²) in [6.07, 6.45) is -0.636. The number of benzene rings is 4. The van der Waals surface area contributed by atoms with Crippen LogP contribution in [0.15, 0.2) is 121 Å². The van der Waals surface area contributed by atoms with Crippen LogP contribution in [-0.2, 0) is 14.1 Å². The van der Waals surface area contributed by atoms with E-state index in [1.165, 1.54) is 48.5 Å². The number of Topliss-reactive ketones (excluding diaryl/α,β-unsaturated/α-hetero) is 1. The molecule has 9 heteroatoms. The Kier molecular flexibility index (Phi) is 6.88. The molecule has 0 bridgehead atoms. The van der Waals surface area contributed by atoms with E-state index in [-0.39, 0.29) is 21.5 Å². The van der Waals surface area contributed by atoms with Crippen LogP contribution >= 0.6 is 6.83 Å². The first-order valence-electron chi connectivity index (χ1n) is 10.9. The van der Waals surface area contributed by atoms with Crippen LogP contribution in [0, 0.1) is 0 Å². The van der Waals surface area contributed by atoms with Gasteiger partial charge in [-0.2, -0.15) is 0 Å². The number of alkyl halides is 3. The summed E-state index contributed by atoms with van der Waals surface area (Å²) in [5, 5.41) is 0.536. The summed E-state index contributed by atoms with van der Waals surface area (Å²) in [7, 11) is -6.18. The minimum atomic E-state index is -6.18. The van der Waals surface area contributed by atoms with E-state index in [4.69, 9.17) is 3.97 Å². The second kappa shape index (κ2) is 9.62. The number of halogens is 3. The molecule has 0 aliphatic carbocycles. The number of hydrogen-bond donors (Lipinski definition) is 0. The van der Waals surface area contributed by atoms with Crippen molar-refractivity contribution >= 4 is 38.6 Å². The van der Waals surface area contributed by atoms with E-state index in [0.717, 1.165) is 0 Å². The third-order valence-electron chi connectivity index (χ3n) is 5.99. The second-order valence-electron chi connectivity index (χ2n) is 8.14. The third kappa shape index (κ3) is 4.37. The molecule has 0 aromatic heterocycles. The van der Waals surface area contributed by atoms with Crippen molar-refractivity contribution in [2.45, 2.75) is 5.51 Å². The molecule has 0 amide bonds. The van der Waals surface area contributed by atoms with E-state index in [2.05, 4.69) is 0 Å². The summed E-state index contributed by atoms with van der Waals surface area (Å²) in [5.41, 5.74) is -5.49. The topological polar surface area (TPSA) is 60.4 Å². The standard InChI is InChI=1S/C27H22F3O4PS/c28-27(29,30)36(32,33)34-35(23-15-7-2-8-16-23,24-17-9-3-10-18-24,25-19-11-4-12-20-25)21-26(31)22-13-5-1-6-14-22/h1-20H,21H2. The summed E-state index contributed by atoms with van der Waals surface area (Å²) in [5.74, 6) is -0.554. The van der Waals surface area contributed by atoms with Gasteiger partial charge >= 0.3 is 208 Å². The normalized spacial score (nSPS) is 13.5. The molecule has 0 atom stereocenters. The van der Waals surface area contributed by atoms with Gasteiger partial charge in [0, 0.05) is 0 Å². The molecule has 0 saturated carbocycles. The fourth-order valence-corrected chi connectivity index (χ4v) is 12.3. The van der Waals surface area contributed by atoms with Crippen LogP contribution in [-0.4, -0.2) is 25.9 Å².